The number of furan rings is 1. The summed E-state index contributed by atoms with van der Waals surface area (Å²) in [5, 5.41) is 0. The molecule has 1 N–H and O–H groups in total. The molecule has 0 spiro atoms. The number of piperidine rings is 1. The van der Waals surface area contributed by atoms with E-state index in [0.717, 1.165) is 11.1 Å². The standard InChI is InChI=1S/C18H22N2O4S/c1-13-3-4-17(14(2)11-13)25(22,23)19-16-5-8-20(9-6-16)18(21)15-7-10-24-12-15/h3-4,7,10-12,16,19H,5-6,8-9H2,1-2H3. The van der Waals surface area contributed by atoms with Crippen molar-refractivity contribution in [2.75, 3.05) is 13.1 Å². The lowest BCUT2D eigenvalue weighted by Crippen LogP contribution is -2.46. The van der Waals surface area contributed by atoms with Crippen molar-refractivity contribution in [2.45, 2.75) is 37.6 Å². The minimum Gasteiger partial charge on any atom is -0.472 e. The Bertz CT molecular complexity index is 851. The van der Waals surface area contributed by atoms with Crippen LogP contribution in [-0.4, -0.2) is 38.4 Å². The quantitative estimate of drug-likeness (QED) is 0.906. The van der Waals surface area contributed by atoms with Crippen molar-refractivity contribution in [1.82, 2.24) is 9.62 Å². The highest BCUT2D eigenvalue weighted by molar-refractivity contribution is 7.89. The molecule has 1 aliphatic rings. The predicted octanol–water partition coefficient (Wildman–Crippen LogP) is 2.48. The van der Waals surface area contributed by atoms with Crippen LogP contribution in [0.1, 0.15) is 34.3 Å². The van der Waals surface area contributed by atoms with Crippen LogP contribution in [0, 0.1) is 13.8 Å². The molecular weight excluding hydrogens is 340 g/mol. The first-order chi connectivity index (χ1) is 11.9. The van der Waals surface area contributed by atoms with Crippen molar-refractivity contribution < 1.29 is 17.6 Å². The van der Waals surface area contributed by atoms with Gasteiger partial charge in [0.25, 0.3) is 5.91 Å². The molecule has 6 nitrogen and oxygen atoms in total. The molecule has 0 aliphatic carbocycles. The molecule has 0 bridgehead atoms. The summed E-state index contributed by atoms with van der Waals surface area (Å²) in [4.78, 5) is 14.3. The van der Waals surface area contributed by atoms with Gasteiger partial charge in [-0.05, 0) is 44.4 Å². The SMILES string of the molecule is Cc1ccc(S(=O)(=O)NC2CCN(C(=O)c3ccoc3)CC2)c(C)c1. The van der Waals surface area contributed by atoms with E-state index in [2.05, 4.69) is 4.72 Å². The molecule has 2 aromatic rings. The number of carbonyl (C=O) groups excluding carboxylic acids is 1. The van der Waals surface area contributed by atoms with Gasteiger partial charge >= 0.3 is 0 Å². The van der Waals surface area contributed by atoms with Gasteiger partial charge in [-0.1, -0.05) is 17.7 Å². The van der Waals surface area contributed by atoms with Gasteiger partial charge < -0.3 is 9.32 Å². The maximum atomic E-state index is 12.6. The normalized spacial score (nSPS) is 16.2. The summed E-state index contributed by atoms with van der Waals surface area (Å²) >= 11 is 0. The van der Waals surface area contributed by atoms with Crippen LogP contribution in [0.3, 0.4) is 0 Å². The van der Waals surface area contributed by atoms with Gasteiger partial charge in [0.05, 0.1) is 16.7 Å². The lowest BCUT2D eigenvalue weighted by Gasteiger charge is -2.32. The third-order valence-electron chi connectivity index (χ3n) is 4.49. The number of nitrogens with one attached hydrogen (secondary N) is 1. The van der Waals surface area contributed by atoms with E-state index >= 15 is 0 Å². The van der Waals surface area contributed by atoms with Crippen LogP contribution in [0.15, 0.2) is 46.1 Å². The Morgan fingerprint density at radius 1 is 1.20 bits per heavy atom. The molecule has 1 aromatic carbocycles. The number of amides is 1. The van der Waals surface area contributed by atoms with Gasteiger partial charge in [0.1, 0.15) is 6.26 Å². The van der Waals surface area contributed by atoms with Gasteiger partial charge in [0, 0.05) is 19.1 Å². The lowest BCUT2D eigenvalue weighted by atomic mass is 10.1. The molecule has 3 rings (SSSR count). The fourth-order valence-corrected chi connectivity index (χ4v) is 4.68. The fourth-order valence-electron chi connectivity index (χ4n) is 3.15. The van der Waals surface area contributed by atoms with Crippen molar-refractivity contribution >= 4 is 15.9 Å². The van der Waals surface area contributed by atoms with Crippen molar-refractivity contribution in [1.29, 1.82) is 0 Å². The number of aryl methyl sites for hydroxylation is 2. The number of sulfonamides is 1. The average molecular weight is 362 g/mol. The van der Waals surface area contributed by atoms with Crippen LogP contribution in [0.2, 0.25) is 0 Å². The van der Waals surface area contributed by atoms with Gasteiger partial charge in [-0.15, -0.1) is 0 Å². The zero-order chi connectivity index (χ0) is 18.0. The smallest absolute Gasteiger partial charge is 0.257 e. The number of hydrogen-bond donors (Lipinski definition) is 1. The van der Waals surface area contributed by atoms with Crippen molar-refractivity contribution in [3.05, 3.63) is 53.5 Å². The maximum absolute atomic E-state index is 12.6. The first-order valence-electron chi connectivity index (χ1n) is 8.28. The Hall–Kier alpha value is -2.12. The molecule has 0 saturated carbocycles. The number of benzene rings is 1. The summed E-state index contributed by atoms with van der Waals surface area (Å²) < 4.78 is 33.0. The Kier molecular flexibility index (Phi) is 4.96. The van der Waals surface area contributed by atoms with E-state index in [9.17, 15) is 13.2 Å². The zero-order valence-corrected chi connectivity index (χ0v) is 15.2. The highest BCUT2D eigenvalue weighted by Crippen LogP contribution is 2.20. The fraction of sp³-hybridized carbons (Fsp3) is 0.389. The van der Waals surface area contributed by atoms with Gasteiger partial charge in [-0.3, -0.25) is 4.79 Å². The first kappa shape index (κ1) is 17.7. The number of hydrogen-bond acceptors (Lipinski definition) is 4. The maximum Gasteiger partial charge on any atom is 0.257 e. The molecule has 1 saturated heterocycles. The third-order valence-corrected chi connectivity index (χ3v) is 6.17. The second-order valence-electron chi connectivity index (χ2n) is 6.47. The molecule has 1 aromatic heterocycles. The minimum atomic E-state index is -3.56. The minimum absolute atomic E-state index is 0.0792. The van der Waals surface area contributed by atoms with Crippen molar-refractivity contribution in [3.8, 4) is 0 Å². The summed E-state index contributed by atoms with van der Waals surface area (Å²) in [5.74, 6) is -0.0792. The number of rotatable bonds is 4. The van der Waals surface area contributed by atoms with E-state index in [1.807, 2.05) is 13.0 Å². The number of nitrogens with zero attached hydrogens (tertiary/aromatic N) is 1. The monoisotopic (exact) mass is 362 g/mol. The molecule has 25 heavy (non-hydrogen) atoms. The van der Waals surface area contributed by atoms with Crippen LogP contribution < -0.4 is 4.72 Å². The summed E-state index contributed by atoms with van der Waals surface area (Å²) in [6, 6.07) is 6.77. The van der Waals surface area contributed by atoms with E-state index in [0.29, 0.717) is 36.4 Å². The molecule has 1 amide bonds. The Labute approximate surface area is 147 Å². The van der Waals surface area contributed by atoms with Gasteiger partial charge in [-0.25, -0.2) is 13.1 Å². The van der Waals surface area contributed by atoms with Crippen LogP contribution in [-0.2, 0) is 10.0 Å². The highest BCUT2D eigenvalue weighted by atomic mass is 32.2. The highest BCUT2D eigenvalue weighted by Gasteiger charge is 2.28. The summed E-state index contributed by atoms with van der Waals surface area (Å²) in [6.07, 6.45) is 4.08. The zero-order valence-electron chi connectivity index (χ0n) is 14.4. The first-order valence-corrected chi connectivity index (χ1v) is 9.76. The summed E-state index contributed by atoms with van der Waals surface area (Å²) in [5.41, 5.74) is 2.29. The molecule has 2 heterocycles. The van der Waals surface area contributed by atoms with Gasteiger partial charge in [0.2, 0.25) is 10.0 Å². The molecule has 134 valence electrons. The van der Waals surface area contributed by atoms with Crippen molar-refractivity contribution in [2.24, 2.45) is 0 Å². The molecule has 0 atom stereocenters. The Balaban J connectivity index is 1.62. The molecule has 1 aliphatic heterocycles. The molecular formula is C18H22N2O4S. The molecule has 7 heteroatoms. The Morgan fingerprint density at radius 2 is 1.92 bits per heavy atom. The summed E-state index contributed by atoms with van der Waals surface area (Å²) in [6.45, 7) is 4.77. The van der Waals surface area contributed by atoms with Crippen LogP contribution in [0.5, 0.6) is 0 Å². The number of carbonyl (C=O) groups is 1. The second kappa shape index (κ2) is 7.01. The lowest BCUT2D eigenvalue weighted by molar-refractivity contribution is 0.0710. The topological polar surface area (TPSA) is 79.6 Å². The molecule has 1 fully saturated rings. The van der Waals surface area contributed by atoms with Gasteiger partial charge in [0.15, 0.2) is 0 Å². The Morgan fingerprint density at radius 3 is 2.52 bits per heavy atom. The van der Waals surface area contributed by atoms with E-state index in [-0.39, 0.29) is 11.9 Å². The largest absolute Gasteiger partial charge is 0.472 e. The third kappa shape index (κ3) is 3.93. The van der Waals surface area contributed by atoms with E-state index < -0.39 is 10.0 Å². The molecule has 0 unspecified atom stereocenters. The number of likely N-dealkylation sites (tertiary alicyclic amines) is 1. The predicted molar refractivity (Wildman–Crippen MR) is 93.9 cm³/mol. The van der Waals surface area contributed by atoms with E-state index in [4.69, 9.17) is 4.42 Å². The summed E-state index contributed by atoms with van der Waals surface area (Å²) in [7, 11) is -3.56. The van der Waals surface area contributed by atoms with Crippen LogP contribution >= 0.6 is 0 Å². The van der Waals surface area contributed by atoms with Crippen LogP contribution in [0.4, 0.5) is 0 Å². The van der Waals surface area contributed by atoms with Crippen molar-refractivity contribution in [3.63, 3.8) is 0 Å². The van der Waals surface area contributed by atoms with Crippen LogP contribution in [0.25, 0.3) is 0 Å². The average Bonchev–Trinajstić information content (AvgIpc) is 3.08. The second-order valence-corrected chi connectivity index (χ2v) is 8.15. The van der Waals surface area contributed by atoms with Gasteiger partial charge in [-0.2, -0.15) is 0 Å². The van der Waals surface area contributed by atoms with E-state index in [1.54, 1.807) is 30.0 Å². The molecule has 0 radical (unpaired) electrons. The van der Waals surface area contributed by atoms with E-state index in [1.165, 1.54) is 12.5 Å².